The van der Waals surface area contributed by atoms with Gasteiger partial charge in [0.2, 0.25) is 5.91 Å². The Morgan fingerprint density at radius 3 is 2.13 bits per heavy atom. The Labute approximate surface area is 91.4 Å². The second-order valence-corrected chi connectivity index (χ2v) is 5.31. The summed E-state index contributed by atoms with van der Waals surface area (Å²) in [6.07, 6.45) is 0. The van der Waals surface area contributed by atoms with E-state index in [0.717, 1.165) is 8.61 Å². The Kier molecular flexibility index (Phi) is 5.77. The summed E-state index contributed by atoms with van der Waals surface area (Å²) in [5.41, 5.74) is 0. The molecule has 1 N–H and O–H groups in total. The first-order valence-electron chi connectivity index (χ1n) is 4.80. The zero-order valence-electron chi connectivity index (χ0n) is 9.65. The lowest BCUT2D eigenvalue weighted by Crippen LogP contribution is -2.45. The SMILES string of the molecule is CCNC(=O)CN(CC)S(=O)(=O)N(C)C. The average molecular weight is 237 g/mol. The Morgan fingerprint density at radius 2 is 1.80 bits per heavy atom. The van der Waals surface area contributed by atoms with Crippen molar-refractivity contribution in [2.75, 3.05) is 33.7 Å². The molecule has 90 valence electrons. The summed E-state index contributed by atoms with van der Waals surface area (Å²) in [4.78, 5) is 11.2. The van der Waals surface area contributed by atoms with Crippen LogP contribution >= 0.6 is 0 Å². The van der Waals surface area contributed by atoms with Gasteiger partial charge in [-0.05, 0) is 6.92 Å². The summed E-state index contributed by atoms with van der Waals surface area (Å²) in [6.45, 7) is 4.12. The first-order valence-corrected chi connectivity index (χ1v) is 6.20. The van der Waals surface area contributed by atoms with Crippen LogP contribution in [-0.4, -0.2) is 56.7 Å². The Hall–Kier alpha value is -0.660. The van der Waals surface area contributed by atoms with Crippen LogP contribution in [0.25, 0.3) is 0 Å². The van der Waals surface area contributed by atoms with E-state index < -0.39 is 10.2 Å². The van der Waals surface area contributed by atoms with Crippen molar-refractivity contribution in [1.82, 2.24) is 13.9 Å². The lowest BCUT2D eigenvalue weighted by molar-refractivity contribution is -0.121. The highest BCUT2D eigenvalue weighted by molar-refractivity contribution is 7.86. The highest BCUT2D eigenvalue weighted by atomic mass is 32.2. The van der Waals surface area contributed by atoms with E-state index in [9.17, 15) is 13.2 Å². The molecule has 0 saturated heterocycles. The number of hydrogen-bond donors (Lipinski definition) is 1. The number of hydrogen-bond acceptors (Lipinski definition) is 3. The van der Waals surface area contributed by atoms with Crippen molar-refractivity contribution in [2.45, 2.75) is 13.8 Å². The fourth-order valence-corrected chi connectivity index (χ4v) is 2.07. The molecule has 0 aromatic heterocycles. The lowest BCUT2D eigenvalue weighted by Gasteiger charge is -2.23. The van der Waals surface area contributed by atoms with Gasteiger partial charge in [0.25, 0.3) is 10.2 Å². The Bertz CT molecular complexity index is 300. The molecule has 0 aliphatic rings. The molecule has 0 radical (unpaired) electrons. The van der Waals surface area contributed by atoms with Crippen LogP contribution in [-0.2, 0) is 15.0 Å². The minimum absolute atomic E-state index is 0.134. The van der Waals surface area contributed by atoms with E-state index in [0.29, 0.717) is 6.54 Å². The molecule has 0 spiro atoms. The van der Waals surface area contributed by atoms with Crippen LogP contribution in [0.3, 0.4) is 0 Å². The van der Waals surface area contributed by atoms with Gasteiger partial charge in [-0.15, -0.1) is 0 Å². The average Bonchev–Trinajstić information content (AvgIpc) is 2.14. The number of amides is 1. The van der Waals surface area contributed by atoms with E-state index in [1.165, 1.54) is 14.1 Å². The molecular formula is C8H19N3O3S. The van der Waals surface area contributed by atoms with Crippen molar-refractivity contribution in [3.63, 3.8) is 0 Å². The molecule has 0 saturated carbocycles. The Morgan fingerprint density at radius 1 is 1.27 bits per heavy atom. The van der Waals surface area contributed by atoms with Crippen LogP contribution in [0.5, 0.6) is 0 Å². The quantitative estimate of drug-likeness (QED) is 0.661. The zero-order valence-corrected chi connectivity index (χ0v) is 10.5. The van der Waals surface area contributed by atoms with E-state index >= 15 is 0 Å². The first-order chi connectivity index (χ1) is 6.86. The molecule has 1 amide bonds. The standard InChI is InChI=1S/C8H19N3O3S/c1-5-9-8(12)7-11(6-2)15(13,14)10(3)4/h5-7H2,1-4H3,(H,9,12). The summed E-state index contributed by atoms with van der Waals surface area (Å²) < 4.78 is 25.6. The van der Waals surface area contributed by atoms with Crippen molar-refractivity contribution >= 4 is 16.1 Å². The number of nitrogens with one attached hydrogen (secondary N) is 1. The van der Waals surface area contributed by atoms with Gasteiger partial charge in [-0.1, -0.05) is 6.92 Å². The predicted molar refractivity (Wildman–Crippen MR) is 58.5 cm³/mol. The monoisotopic (exact) mass is 237 g/mol. The molecule has 0 atom stereocenters. The Balaban J connectivity index is 4.58. The molecule has 7 heteroatoms. The predicted octanol–water partition coefficient (Wildman–Crippen LogP) is -0.749. The van der Waals surface area contributed by atoms with Gasteiger partial charge in [0.15, 0.2) is 0 Å². The molecule has 0 fully saturated rings. The fraction of sp³-hybridized carbons (Fsp3) is 0.875. The van der Waals surface area contributed by atoms with E-state index in [1.54, 1.807) is 13.8 Å². The maximum Gasteiger partial charge on any atom is 0.281 e. The molecule has 0 aliphatic heterocycles. The van der Waals surface area contributed by atoms with E-state index in [4.69, 9.17) is 0 Å². The molecule has 0 aliphatic carbocycles. The molecule has 0 heterocycles. The second-order valence-electron chi connectivity index (χ2n) is 3.17. The molecule has 0 rings (SSSR count). The number of carbonyl (C=O) groups is 1. The highest BCUT2D eigenvalue weighted by Crippen LogP contribution is 2.02. The molecule has 0 aromatic rings. The third-order valence-electron chi connectivity index (χ3n) is 1.83. The van der Waals surface area contributed by atoms with Gasteiger partial charge in [0.1, 0.15) is 0 Å². The molecule has 0 unspecified atom stereocenters. The van der Waals surface area contributed by atoms with Gasteiger partial charge in [-0.3, -0.25) is 4.79 Å². The minimum atomic E-state index is -3.50. The van der Waals surface area contributed by atoms with Crippen molar-refractivity contribution in [3.05, 3.63) is 0 Å². The van der Waals surface area contributed by atoms with E-state index in [1.807, 2.05) is 0 Å². The topological polar surface area (TPSA) is 69.7 Å². The summed E-state index contributed by atoms with van der Waals surface area (Å²) in [5, 5.41) is 2.56. The fourth-order valence-electron chi connectivity index (χ4n) is 1.00. The van der Waals surface area contributed by atoms with Crippen LogP contribution < -0.4 is 5.32 Å². The van der Waals surface area contributed by atoms with Gasteiger partial charge in [-0.25, -0.2) is 0 Å². The number of likely N-dealkylation sites (N-methyl/N-ethyl adjacent to an activating group) is 2. The number of carbonyl (C=O) groups excluding carboxylic acids is 1. The van der Waals surface area contributed by atoms with Crippen LogP contribution in [0.2, 0.25) is 0 Å². The van der Waals surface area contributed by atoms with Gasteiger partial charge >= 0.3 is 0 Å². The highest BCUT2D eigenvalue weighted by Gasteiger charge is 2.24. The summed E-state index contributed by atoms with van der Waals surface area (Å²) in [5.74, 6) is -0.287. The largest absolute Gasteiger partial charge is 0.355 e. The maximum atomic E-state index is 11.7. The molecule has 6 nitrogen and oxygen atoms in total. The van der Waals surface area contributed by atoms with Crippen LogP contribution in [0, 0.1) is 0 Å². The van der Waals surface area contributed by atoms with E-state index in [2.05, 4.69) is 5.32 Å². The number of rotatable bonds is 6. The van der Waals surface area contributed by atoms with Gasteiger partial charge in [-0.2, -0.15) is 17.0 Å². The summed E-state index contributed by atoms with van der Waals surface area (Å²) in [6, 6.07) is 0. The van der Waals surface area contributed by atoms with Crippen molar-refractivity contribution < 1.29 is 13.2 Å². The number of nitrogens with zero attached hydrogens (tertiary/aromatic N) is 2. The van der Waals surface area contributed by atoms with Crippen LogP contribution in [0.15, 0.2) is 0 Å². The summed E-state index contributed by atoms with van der Waals surface area (Å²) in [7, 11) is -0.616. The second kappa shape index (κ2) is 6.04. The van der Waals surface area contributed by atoms with Gasteiger partial charge < -0.3 is 5.32 Å². The minimum Gasteiger partial charge on any atom is -0.355 e. The maximum absolute atomic E-state index is 11.7. The third kappa shape index (κ3) is 4.15. The third-order valence-corrected chi connectivity index (χ3v) is 3.80. The molecular weight excluding hydrogens is 218 g/mol. The summed E-state index contributed by atoms with van der Waals surface area (Å²) >= 11 is 0. The molecule has 0 aromatic carbocycles. The van der Waals surface area contributed by atoms with Crippen LogP contribution in [0.4, 0.5) is 0 Å². The normalized spacial score (nSPS) is 12.1. The molecule has 0 bridgehead atoms. The van der Waals surface area contributed by atoms with Crippen LogP contribution in [0.1, 0.15) is 13.8 Å². The van der Waals surface area contributed by atoms with Crippen molar-refractivity contribution in [1.29, 1.82) is 0 Å². The molecule has 15 heavy (non-hydrogen) atoms. The first kappa shape index (κ1) is 14.3. The van der Waals surface area contributed by atoms with Crippen molar-refractivity contribution in [2.24, 2.45) is 0 Å². The van der Waals surface area contributed by atoms with Gasteiger partial charge in [0, 0.05) is 27.2 Å². The van der Waals surface area contributed by atoms with E-state index in [-0.39, 0.29) is 19.0 Å². The van der Waals surface area contributed by atoms with Gasteiger partial charge in [0.05, 0.1) is 6.54 Å². The zero-order chi connectivity index (χ0) is 12.1. The van der Waals surface area contributed by atoms with Crippen molar-refractivity contribution in [3.8, 4) is 0 Å². The lowest BCUT2D eigenvalue weighted by atomic mass is 10.5. The smallest absolute Gasteiger partial charge is 0.281 e.